The number of amides is 1. The number of ether oxygens (including phenoxy) is 1. The Morgan fingerprint density at radius 1 is 0.938 bits per heavy atom. The van der Waals surface area contributed by atoms with Crippen LogP contribution in [0.4, 0.5) is 10.8 Å². The number of benzene rings is 3. The summed E-state index contributed by atoms with van der Waals surface area (Å²) in [5, 5.41) is 15.2. The van der Waals surface area contributed by atoms with Gasteiger partial charge in [0.05, 0.1) is 11.8 Å². The monoisotopic (exact) mass is 462 g/mol. The summed E-state index contributed by atoms with van der Waals surface area (Å²) in [6.45, 7) is 1.97. The molecule has 1 heterocycles. The summed E-state index contributed by atoms with van der Waals surface area (Å²) in [7, 11) is 0. The standard InChI is InChI=1S/C24H22N4O2S2/c1-17(18-8-4-2-5-9-18)25-22(29)16-31-24-28-27-23(32-24)26-19-12-14-21(15-13-19)30-20-10-6-3-7-11-20/h2-15,17H,16H2,1H3,(H,25,29)(H,26,27). The quantitative estimate of drug-likeness (QED) is 0.295. The van der Waals surface area contributed by atoms with Gasteiger partial charge in [0.25, 0.3) is 0 Å². The Morgan fingerprint density at radius 3 is 2.31 bits per heavy atom. The molecule has 0 saturated heterocycles. The van der Waals surface area contributed by atoms with Gasteiger partial charge in [-0.15, -0.1) is 10.2 Å². The Labute approximate surface area is 195 Å². The normalized spacial score (nSPS) is 11.5. The Hall–Kier alpha value is -3.36. The maximum atomic E-state index is 12.3. The number of nitrogens with one attached hydrogen (secondary N) is 2. The van der Waals surface area contributed by atoms with Crippen LogP contribution in [-0.4, -0.2) is 21.9 Å². The van der Waals surface area contributed by atoms with E-state index in [2.05, 4.69) is 20.8 Å². The first kappa shape index (κ1) is 21.9. The van der Waals surface area contributed by atoms with Crippen molar-refractivity contribution in [2.45, 2.75) is 17.3 Å². The fourth-order valence-electron chi connectivity index (χ4n) is 2.91. The van der Waals surface area contributed by atoms with Crippen molar-refractivity contribution in [1.82, 2.24) is 15.5 Å². The molecule has 0 spiro atoms. The van der Waals surface area contributed by atoms with E-state index in [4.69, 9.17) is 4.74 Å². The van der Waals surface area contributed by atoms with Crippen molar-refractivity contribution in [3.63, 3.8) is 0 Å². The molecule has 162 valence electrons. The van der Waals surface area contributed by atoms with Gasteiger partial charge in [0, 0.05) is 5.69 Å². The smallest absolute Gasteiger partial charge is 0.230 e. The zero-order valence-electron chi connectivity index (χ0n) is 17.4. The van der Waals surface area contributed by atoms with E-state index in [1.165, 1.54) is 23.1 Å². The molecule has 3 aromatic carbocycles. The van der Waals surface area contributed by atoms with Crippen LogP contribution < -0.4 is 15.4 Å². The van der Waals surface area contributed by atoms with Crippen LogP contribution in [0.5, 0.6) is 11.5 Å². The molecule has 8 heteroatoms. The average molecular weight is 463 g/mol. The molecule has 0 radical (unpaired) electrons. The zero-order chi connectivity index (χ0) is 22.2. The number of thioether (sulfide) groups is 1. The van der Waals surface area contributed by atoms with Crippen molar-refractivity contribution in [2.24, 2.45) is 0 Å². The molecule has 0 bridgehead atoms. The minimum atomic E-state index is -0.0372. The molecular weight excluding hydrogens is 440 g/mol. The van der Waals surface area contributed by atoms with Gasteiger partial charge in [-0.25, -0.2) is 0 Å². The lowest BCUT2D eigenvalue weighted by molar-refractivity contribution is -0.119. The van der Waals surface area contributed by atoms with Crippen LogP contribution in [0.15, 0.2) is 89.3 Å². The molecule has 0 fully saturated rings. The third kappa shape index (κ3) is 6.32. The number of aromatic nitrogens is 2. The predicted molar refractivity (Wildman–Crippen MR) is 130 cm³/mol. The second-order valence-corrected chi connectivity index (χ2v) is 9.13. The highest BCUT2D eigenvalue weighted by Gasteiger charge is 2.12. The molecule has 1 amide bonds. The van der Waals surface area contributed by atoms with Gasteiger partial charge < -0.3 is 15.4 Å². The molecule has 1 unspecified atom stereocenters. The van der Waals surface area contributed by atoms with Gasteiger partial charge in [-0.2, -0.15) is 0 Å². The van der Waals surface area contributed by atoms with E-state index in [1.54, 1.807) is 0 Å². The number of hydrogen-bond acceptors (Lipinski definition) is 7. The van der Waals surface area contributed by atoms with Crippen LogP contribution in [-0.2, 0) is 4.79 Å². The van der Waals surface area contributed by atoms with Crippen molar-refractivity contribution < 1.29 is 9.53 Å². The van der Waals surface area contributed by atoms with Crippen molar-refractivity contribution >= 4 is 39.8 Å². The van der Waals surface area contributed by atoms with Gasteiger partial charge >= 0.3 is 0 Å². The van der Waals surface area contributed by atoms with Gasteiger partial charge in [-0.3, -0.25) is 4.79 Å². The third-order valence-electron chi connectivity index (χ3n) is 4.49. The lowest BCUT2D eigenvalue weighted by Gasteiger charge is -2.13. The minimum absolute atomic E-state index is 0.0370. The van der Waals surface area contributed by atoms with Crippen molar-refractivity contribution in [1.29, 1.82) is 0 Å². The molecule has 32 heavy (non-hydrogen) atoms. The second-order valence-electron chi connectivity index (χ2n) is 6.93. The topological polar surface area (TPSA) is 76.1 Å². The van der Waals surface area contributed by atoms with Gasteiger partial charge in [0.1, 0.15) is 11.5 Å². The lowest BCUT2D eigenvalue weighted by atomic mass is 10.1. The van der Waals surface area contributed by atoms with E-state index < -0.39 is 0 Å². The lowest BCUT2D eigenvalue weighted by Crippen LogP contribution is -2.28. The number of carbonyl (C=O) groups excluding carboxylic acids is 1. The molecule has 0 aliphatic heterocycles. The summed E-state index contributed by atoms with van der Waals surface area (Å²) < 4.78 is 6.54. The van der Waals surface area contributed by atoms with Crippen molar-refractivity contribution in [3.05, 3.63) is 90.5 Å². The SMILES string of the molecule is CC(NC(=O)CSc1nnc(Nc2ccc(Oc3ccccc3)cc2)s1)c1ccccc1. The fourth-order valence-corrected chi connectivity index (χ4v) is 4.49. The summed E-state index contributed by atoms with van der Waals surface area (Å²) in [5.74, 6) is 1.80. The number of hydrogen-bond donors (Lipinski definition) is 2. The highest BCUT2D eigenvalue weighted by molar-refractivity contribution is 8.01. The Morgan fingerprint density at radius 2 is 1.59 bits per heavy atom. The van der Waals surface area contributed by atoms with Crippen LogP contribution in [0.1, 0.15) is 18.5 Å². The maximum absolute atomic E-state index is 12.3. The van der Waals surface area contributed by atoms with Gasteiger partial charge in [-0.05, 0) is 48.9 Å². The summed E-state index contributed by atoms with van der Waals surface area (Å²) >= 11 is 2.78. The van der Waals surface area contributed by atoms with Crippen molar-refractivity contribution in [2.75, 3.05) is 11.1 Å². The van der Waals surface area contributed by atoms with Crippen molar-refractivity contribution in [3.8, 4) is 11.5 Å². The maximum Gasteiger partial charge on any atom is 0.230 e. The molecule has 2 N–H and O–H groups in total. The Kier molecular flexibility index (Phi) is 7.37. The number of rotatable bonds is 9. The van der Waals surface area contributed by atoms with Crippen LogP contribution in [0.3, 0.4) is 0 Å². The number of nitrogens with zero attached hydrogens (tertiary/aromatic N) is 2. The van der Waals surface area contributed by atoms with Gasteiger partial charge in [-0.1, -0.05) is 71.6 Å². The molecular formula is C24H22N4O2S2. The van der Waals surface area contributed by atoms with Gasteiger partial charge in [0.15, 0.2) is 4.34 Å². The molecule has 4 rings (SSSR count). The number of carbonyl (C=O) groups is 1. The predicted octanol–water partition coefficient (Wildman–Crippen LogP) is 6.04. The van der Waals surface area contributed by atoms with Gasteiger partial charge in [0.2, 0.25) is 11.0 Å². The first-order valence-electron chi connectivity index (χ1n) is 10.1. The molecule has 0 aliphatic rings. The molecule has 4 aromatic rings. The number of para-hydroxylation sites is 1. The molecule has 0 saturated carbocycles. The first-order valence-corrected chi connectivity index (χ1v) is 11.9. The van der Waals surface area contributed by atoms with Crippen LogP contribution in [0.2, 0.25) is 0 Å². The zero-order valence-corrected chi connectivity index (χ0v) is 19.0. The average Bonchev–Trinajstić information content (AvgIpc) is 3.27. The second kappa shape index (κ2) is 10.8. The summed E-state index contributed by atoms with van der Waals surface area (Å²) in [6, 6.07) is 27.1. The molecule has 0 aliphatic carbocycles. The van der Waals surface area contributed by atoms with E-state index in [-0.39, 0.29) is 17.7 Å². The van der Waals surface area contributed by atoms with Crippen LogP contribution >= 0.6 is 23.1 Å². The summed E-state index contributed by atoms with van der Waals surface area (Å²) in [4.78, 5) is 12.3. The van der Waals surface area contributed by atoms with E-state index in [9.17, 15) is 4.79 Å². The molecule has 1 atom stereocenters. The summed E-state index contributed by atoms with van der Waals surface area (Å²) in [5.41, 5.74) is 1.96. The molecule has 1 aromatic heterocycles. The summed E-state index contributed by atoms with van der Waals surface area (Å²) in [6.07, 6.45) is 0. The Balaban J connectivity index is 1.25. The number of anilines is 2. The highest BCUT2D eigenvalue weighted by Crippen LogP contribution is 2.29. The highest BCUT2D eigenvalue weighted by atomic mass is 32.2. The van der Waals surface area contributed by atoms with Crippen LogP contribution in [0.25, 0.3) is 0 Å². The first-order chi connectivity index (χ1) is 15.7. The van der Waals surface area contributed by atoms with E-state index in [0.717, 1.165) is 27.1 Å². The van der Waals surface area contributed by atoms with E-state index >= 15 is 0 Å². The van der Waals surface area contributed by atoms with Crippen LogP contribution in [0, 0.1) is 0 Å². The largest absolute Gasteiger partial charge is 0.457 e. The Bertz CT molecular complexity index is 1140. The third-order valence-corrected chi connectivity index (χ3v) is 6.47. The minimum Gasteiger partial charge on any atom is -0.457 e. The molecule has 6 nitrogen and oxygen atoms in total. The fraction of sp³-hybridized carbons (Fsp3) is 0.125. The van der Waals surface area contributed by atoms with E-state index in [0.29, 0.717) is 5.13 Å². The van der Waals surface area contributed by atoms with E-state index in [1.807, 2.05) is 91.9 Å².